The second-order valence-electron chi connectivity index (χ2n) is 6.42. The second-order valence-corrected chi connectivity index (χ2v) is 6.42. The number of carbonyl (C=O) groups excluding carboxylic acids is 1. The Morgan fingerprint density at radius 1 is 1.29 bits per heavy atom. The van der Waals surface area contributed by atoms with Crippen molar-refractivity contribution in [2.45, 2.75) is 31.3 Å². The van der Waals surface area contributed by atoms with Gasteiger partial charge in [0.25, 0.3) is 0 Å². The number of likely N-dealkylation sites (N-methyl/N-ethyl adjacent to an activating group) is 2. The summed E-state index contributed by atoms with van der Waals surface area (Å²) < 4.78 is 0. The van der Waals surface area contributed by atoms with Crippen molar-refractivity contribution in [2.75, 3.05) is 46.8 Å². The topological polar surface area (TPSA) is 76.1 Å². The SMILES string of the molecule is CN1CCN(C)C(CNC(=O)N2CCCC2(C)C(=O)O)C1. The first-order valence-electron chi connectivity index (χ1n) is 7.52. The van der Waals surface area contributed by atoms with Crippen LogP contribution in [0.1, 0.15) is 19.8 Å². The standard InChI is InChI=1S/C14H26N4O3/c1-14(12(19)20)5-4-6-18(14)13(21)15-9-11-10-16(2)7-8-17(11)3/h11H,4-10H2,1-3H3,(H,15,21)(H,19,20). The summed E-state index contributed by atoms with van der Waals surface area (Å²) in [7, 11) is 4.13. The number of hydrogen-bond donors (Lipinski definition) is 2. The fraction of sp³-hybridized carbons (Fsp3) is 0.857. The number of nitrogens with one attached hydrogen (secondary N) is 1. The average molecular weight is 298 g/mol. The van der Waals surface area contributed by atoms with E-state index in [1.54, 1.807) is 6.92 Å². The van der Waals surface area contributed by atoms with Crippen molar-refractivity contribution in [3.8, 4) is 0 Å². The molecule has 2 amide bonds. The van der Waals surface area contributed by atoms with Gasteiger partial charge in [0.1, 0.15) is 5.54 Å². The fourth-order valence-electron chi connectivity index (χ4n) is 3.13. The molecule has 7 nitrogen and oxygen atoms in total. The molecule has 0 bridgehead atoms. The van der Waals surface area contributed by atoms with Gasteiger partial charge < -0.3 is 20.2 Å². The smallest absolute Gasteiger partial charge is 0.329 e. The maximum Gasteiger partial charge on any atom is 0.329 e. The Kier molecular flexibility index (Phi) is 4.73. The van der Waals surface area contributed by atoms with E-state index in [2.05, 4.69) is 29.2 Å². The van der Waals surface area contributed by atoms with Crippen LogP contribution in [0.2, 0.25) is 0 Å². The molecule has 2 aliphatic heterocycles. The van der Waals surface area contributed by atoms with E-state index in [9.17, 15) is 14.7 Å². The summed E-state index contributed by atoms with van der Waals surface area (Å²) in [4.78, 5) is 29.7. The van der Waals surface area contributed by atoms with Crippen LogP contribution in [0.15, 0.2) is 0 Å². The Balaban J connectivity index is 1.91. The van der Waals surface area contributed by atoms with Crippen molar-refractivity contribution < 1.29 is 14.7 Å². The van der Waals surface area contributed by atoms with Crippen molar-refractivity contribution in [1.29, 1.82) is 0 Å². The molecule has 7 heteroatoms. The fourth-order valence-corrected chi connectivity index (χ4v) is 3.13. The lowest BCUT2D eigenvalue weighted by Crippen LogP contribution is -2.58. The van der Waals surface area contributed by atoms with E-state index >= 15 is 0 Å². The van der Waals surface area contributed by atoms with Crippen LogP contribution >= 0.6 is 0 Å². The maximum atomic E-state index is 12.3. The number of hydrogen-bond acceptors (Lipinski definition) is 4. The predicted octanol–water partition coefficient (Wildman–Crippen LogP) is -0.119. The van der Waals surface area contributed by atoms with Crippen LogP contribution < -0.4 is 5.32 Å². The minimum atomic E-state index is -1.07. The van der Waals surface area contributed by atoms with Crippen LogP contribution in [0.5, 0.6) is 0 Å². The van der Waals surface area contributed by atoms with Gasteiger partial charge in [-0.2, -0.15) is 0 Å². The molecule has 2 unspecified atom stereocenters. The molecule has 0 aromatic rings. The summed E-state index contributed by atoms with van der Waals surface area (Å²) in [6, 6.07) is 0.00501. The number of carboxylic acid groups (broad SMARTS) is 1. The lowest BCUT2D eigenvalue weighted by Gasteiger charge is -2.38. The van der Waals surface area contributed by atoms with Crippen LogP contribution in [0.4, 0.5) is 4.79 Å². The molecule has 21 heavy (non-hydrogen) atoms. The van der Waals surface area contributed by atoms with Crippen LogP contribution in [0.25, 0.3) is 0 Å². The first-order chi connectivity index (χ1) is 9.84. The summed E-state index contributed by atoms with van der Waals surface area (Å²) in [6.07, 6.45) is 1.25. The van der Waals surface area contributed by atoms with Gasteiger partial charge in [0.2, 0.25) is 0 Å². The van der Waals surface area contributed by atoms with Gasteiger partial charge in [-0.05, 0) is 33.9 Å². The molecule has 2 heterocycles. The van der Waals surface area contributed by atoms with Gasteiger partial charge in [-0.1, -0.05) is 0 Å². The molecule has 0 aromatic heterocycles. The number of piperazine rings is 1. The van der Waals surface area contributed by atoms with Crippen LogP contribution in [-0.2, 0) is 4.79 Å². The number of carbonyl (C=O) groups is 2. The quantitative estimate of drug-likeness (QED) is 0.760. The minimum absolute atomic E-state index is 0.265. The van der Waals surface area contributed by atoms with Gasteiger partial charge >= 0.3 is 12.0 Å². The highest BCUT2D eigenvalue weighted by Crippen LogP contribution is 2.29. The normalized spacial score (nSPS) is 31.4. The molecule has 120 valence electrons. The number of urea groups is 1. The van der Waals surface area contributed by atoms with E-state index in [1.807, 2.05) is 0 Å². The Morgan fingerprint density at radius 2 is 2.00 bits per heavy atom. The molecule has 2 aliphatic rings. The van der Waals surface area contributed by atoms with Gasteiger partial charge in [-0.15, -0.1) is 0 Å². The highest BCUT2D eigenvalue weighted by Gasteiger charge is 2.46. The van der Waals surface area contributed by atoms with Crippen LogP contribution in [0, 0.1) is 0 Å². The van der Waals surface area contributed by atoms with Crippen molar-refractivity contribution in [2.24, 2.45) is 0 Å². The average Bonchev–Trinajstić information content (AvgIpc) is 2.83. The third-order valence-corrected chi connectivity index (χ3v) is 4.82. The summed E-state index contributed by atoms with van der Waals surface area (Å²) >= 11 is 0. The number of amides is 2. The molecule has 2 saturated heterocycles. The number of likely N-dealkylation sites (tertiary alicyclic amines) is 1. The van der Waals surface area contributed by atoms with Crippen LogP contribution in [-0.4, -0.2) is 90.2 Å². The van der Waals surface area contributed by atoms with E-state index < -0.39 is 11.5 Å². The number of carboxylic acids is 1. The van der Waals surface area contributed by atoms with Crippen molar-refractivity contribution in [1.82, 2.24) is 20.0 Å². The Hall–Kier alpha value is -1.34. The maximum absolute atomic E-state index is 12.3. The summed E-state index contributed by atoms with van der Waals surface area (Å²) in [5, 5.41) is 12.3. The third kappa shape index (κ3) is 3.29. The zero-order chi connectivity index (χ0) is 15.6. The summed E-state index contributed by atoms with van der Waals surface area (Å²) in [5.74, 6) is -0.926. The molecule has 2 atom stereocenters. The zero-order valence-corrected chi connectivity index (χ0v) is 13.1. The van der Waals surface area contributed by atoms with Gasteiger partial charge in [-0.3, -0.25) is 4.90 Å². The molecule has 2 fully saturated rings. The van der Waals surface area contributed by atoms with Crippen LogP contribution in [0.3, 0.4) is 0 Å². The summed E-state index contributed by atoms with van der Waals surface area (Å²) in [5.41, 5.74) is -1.07. The third-order valence-electron chi connectivity index (χ3n) is 4.82. The van der Waals surface area contributed by atoms with Gasteiger partial charge in [0.05, 0.1) is 0 Å². The molecule has 0 spiro atoms. The minimum Gasteiger partial charge on any atom is -0.480 e. The molecule has 2 N–H and O–H groups in total. The van der Waals surface area contributed by atoms with Crippen molar-refractivity contribution in [3.05, 3.63) is 0 Å². The Bertz CT molecular complexity index is 417. The van der Waals surface area contributed by atoms with Gasteiger partial charge in [-0.25, -0.2) is 9.59 Å². The van der Waals surface area contributed by atoms with E-state index in [0.29, 0.717) is 19.5 Å². The Morgan fingerprint density at radius 3 is 2.67 bits per heavy atom. The van der Waals surface area contributed by atoms with E-state index in [0.717, 1.165) is 26.1 Å². The molecular formula is C14H26N4O3. The molecule has 0 radical (unpaired) electrons. The molecular weight excluding hydrogens is 272 g/mol. The first-order valence-corrected chi connectivity index (χ1v) is 7.52. The molecule has 2 rings (SSSR count). The monoisotopic (exact) mass is 298 g/mol. The lowest BCUT2D eigenvalue weighted by molar-refractivity contribution is -0.147. The van der Waals surface area contributed by atoms with E-state index in [1.165, 1.54) is 4.90 Å². The molecule has 0 aliphatic carbocycles. The summed E-state index contributed by atoms with van der Waals surface area (Å²) in [6.45, 7) is 5.61. The number of nitrogens with zero attached hydrogens (tertiary/aromatic N) is 3. The van der Waals surface area contributed by atoms with Gasteiger partial charge in [0.15, 0.2) is 0 Å². The molecule has 0 aromatic carbocycles. The van der Waals surface area contributed by atoms with Crippen molar-refractivity contribution in [3.63, 3.8) is 0 Å². The van der Waals surface area contributed by atoms with E-state index in [-0.39, 0.29) is 12.1 Å². The first kappa shape index (κ1) is 16.0. The number of rotatable bonds is 3. The highest BCUT2D eigenvalue weighted by atomic mass is 16.4. The highest BCUT2D eigenvalue weighted by molar-refractivity contribution is 5.86. The van der Waals surface area contributed by atoms with E-state index in [4.69, 9.17) is 0 Å². The predicted molar refractivity (Wildman–Crippen MR) is 79.3 cm³/mol. The molecule has 0 saturated carbocycles. The largest absolute Gasteiger partial charge is 0.480 e. The Labute approximate surface area is 125 Å². The second kappa shape index (κ2) is 6.19. The number of aliphatic carboxylic acids is 1. The zero-order valence-electron chi connectivity index (χ0n) is 13.1. The lowest BCUT2D eigenvalue weighted by atomic mass is 10.00. The van der Waals surface area contributed by atoms with Crippen molar-refractivity contribution >= 4 is 12.0 Å². The van der Waals surface area contributed by atoms with Gasteiger partial charge in [0, 0.05) is 38.8 Å².